The first kappa shape index (κ1) is 15.5. The average Bonchev–Trinajstić information content (AvgIpc) is 2.71. The minimum Gasteiger partial charge on any atom is -0.382 e. The van der Waals surface area contributed by atoms with Crippen molar-refractivity contribution in [3.05, 3.63) is 0 Å². The van der Waals surface area contributed by atoms with Gasteiger partial charge in [-0.15, -0.1) is 0 Å². The average molecular weight is 319 g/mol. The first-order valence-electron chi connectivity index (χ1n) is 6.37. The third kappa shape index (κ3) is 3.40. The molecule has 0 aromatic carbocycles. The maximum atomic E-state index is 11.7. The third-order valence-electron chi connectivity index (χ3n) is 3.52. The van der Waals surface area contributed by atoms with Crippen molar-refractivity contribution in [3.63, 3.8) is 0 Å². The normalized spacial score (nSPS) is 22.1. The van der Waals surface area contributed by atoms with Gasteiger partial charge in [-0.3, -0.25) is 4.90 Å². The number of piperazine rings is 1. The van der Waals surface area contributed by atoms with Gasteiger partial charge < -0.3 is 16.0 Å². The molecule has 114 valence electrons. The summed E-state index contributed by atoms with van der Waals surface area (Å²) < 4.78 is 27.4. The van der Waals surface area contributed by atoms with Gasteiger partial charge in [0, 0.05) is 38.5 Å². The van der Waals surface area contributed by atoms with Crippen LogP contribution >= 0.6 is 11.5 Å². The van der Waals surface area contributed by atoms with E-state index in [1.165, 1.54) is 0 Å². The lowest BCUT2D eigenvalue weighted by Crippen LogP contribution is -2.52. The van der Waals surface area contributed by atoms with E-state index in [2.05, 4.69) is 33.6 Å². The van der Waals surface area contributed by atoms with E-state index in [4.69, 9.17) is 5.73 Å². The van der Waals surface area contributed by atoms with Crippen molar-refractivity contribution < 1.29 is 8.42 Å². The molecule has 7 nitrogen and oxygen atoms in total. The number of nitrogen functional groups attached to an aromatic ring is 1. The van der Waals surface area contributed by atoms with Crippen molar-refractivity contribution >= 4 is 32.2 Å². The Labute approximate surface area is 123 Å². The molecule has 2 rings (SSSR count). The number of hydrogen-bond donors (Lipinski definition) is 2. The van der Waals surface area contributed by atoms with Crippen molar-refractivity contribution in [2.45, 2.75) is 10.9 Å². The number of rotatable bonds is 4. The first-order chi connectivity index (χ1) is 9.29. The Bertz CT molecular complexity index is 571. The predicted molar refractivity (Wildman–Crippen MR) is 82.0 cm³/mol. The van der Waals surface area contributed by atoms with Crippen LogP contribution in [0.25, 0.3) is 0 Å². The van der Waals surface area contributed by atoms with Gasteiger partial charge in [-0.25, -0.2) is 8.42 Å². The van der Waals surface area contributed by atoms with E-state index in [1.807, 2.05) is 0 Å². The zero-order valence-corrected chi connectivity index (χ0v) is 13.6. The second kappa shape index (κ2) is 5.84. The van der Waals surface area contributed by atoms with E-state index in [-0.39, 0.29) is 10.7 Å². The summed E-state index contributed by atoms with van der Waals surface area (Å²) in [5.74, 6) is 0.0779. The highest BCUT2D eigenvalue weighted by Crippen LogP contribution is 2.31. The van der Waals surface area contributed by atoms with Gasteiger partial charge >= 0.3 is 0 Å². The molecule has 20 heavy (non-hydrogen) atoms. The molecule has 1 aliphatic rings. The van der Waals surface area contributed by atoms with Crippen molar-refractivity contribution in [2.75, 3.05) is 57.6 Å². The molecular weight excluding hydrogens is 298 g/mol. The van der Waals surface area contributed by atoms with Gasteiger partial charge in [-0.05, 0) is 25.6 Å². The zero-order valence-electron chi connectivity index (χ0n) is 12.0. The molecule has 3 N–H and O–H groups in total. The summed E-state index contributed by atoms with van der Waals surface area (Å²) in [4.78, 5) is 4.66. The molecule has 0 radical (unpaired) electrons. The monoisotopic (exact) mass is 319 g/mol. The number of nitrogens with zero attached hydrogens (tertiary/aromatic N) is 3. The van der Waals surface area contributed by atoms with Crippen LogP contribution < -0.4 is 11.1 Å². The molecule has 9 heteroatoms. The maximum absolute atomic E-state index is 11.7. The van der Waals surface area contributed by atoms with Crippen molar-refractivity contribution in [3.8, 4) is 0 Å². The molecule has 1 saturated heterocycles. The summed E-state index contributed by atoms with van der Waals surface area (Å²) in [5.41, 5.74) is 5.65. The van der Waals surface area contributed by atoms with Gasteiger partial charge in [0.25, 0.3) is 0 Å². The quantitative estimate of drug-likeness (QED) is 0.793. The largest absolute Gasteiger partial charge is 0.382 e. The minimum absolute atomic E-state index is 0.0779. The Morgan fingerprint density at radius 1 is 1.45 bits per heavy atom. The van der Waals surface area contributed by atoms with Gasteiger partial charge in [0.15, 0.2) is 15.7 Å². The van der Waals surface area contributed by atoms with Crippen LogP contribution in [0.15, 0.2) is 4.90 Å². The highest BCUT2D eigenvalue weighted by atomic mass is 32.2. The molecule has 1 aromatic heterocycles. The van der Waals surface area contributed by atoms with E-state index in [0.29, 0.717) is 17.6 Å². The fraction of sp³-hybridized carbons (Fsp3) is 0.727. The highest BCUT2D eigenvalue weighted by molar-refractivity contribution is 7.91. The third-order valence-corrected chi connectivity index (χ3v) is 5.63. The number of nitrogens with two attached hydrogens (primary N) is 1. The Balaban J connectivity index is 2.08. The summed E-state index contributed by atoms with van der Waals surface area (Å²) in [6.07, 6.45) is 1.15. The van der Waals surface area contributed by atoms with Gasteiger partial charge in [-0.2, -0.15) is 4.37 Å². The molecule has 1 aromatic rings. The van der Waals surface area contributed by atoms with Gasteiger partial charge in [0.05, 0.1) is 0 Å². The van der Waals surface area contributed by atoms with Crippen molar-refractivity contribution in [2.24, 2.45) is 0 Å². The zero-order chi connectivity index (χ0) is 14.9. The van der Waals surface area contributed by atoms with Crippen molar-refractivity contribution in [1.29, 1.82) is 0 Å². The topological polar surface area (TPSA) is 91.6 Å². The van der Waals surface area contributed by atoms with Crippen LogP contribution in [0.1, 0.15) is 0 Å². The molecule has 0 aliphatic carbocycles. The van der Waals surface area contributed by atoms with Crippen LogP contribution in [-0.2, 0) is 9.84 Å². The highest BCUT2D eigenvalue weighted by Gasteiger charge is 2.25. The predicted octanol–water partition coefficient (Wildman–Crippen LogP) is -0.213. The number of sulfone groups is 1. The summed E-state index contributed by atoms with van der Waals surface area (Å²) in [6, 6.07) is 0.337. The minimum atomic E-state index is -3.36. The fourth-order valence-corrected chi connectivity index (χ4v) is 4.37. The lowest BCUT2D eigenvalue weighted by molar-refractivity contribution is 0.122. The number of nitrogens with one attached hydrogen (secondary N) is 1. The van der Waals surface area contributed by atoms with E-state index in [0.717, 1.165) is 37.4 Å². The fourth-order valence-electron chi connectivity index (χ4n) is 2.30. The van der Waals surface area contributed by atoms with Crippen LogP contribution in [-0.4, -0.2) is 75.2 Å². The molecule has 2 heterocycles. The Morgan fingerprint density at radius 3 is 2.80 bits per heavy atom. The van der Waals surface area contributed by atoms with Crippen LogP contribution in [0.2, 0.25) is 0 Å². The number of hydrogen-bond acceptors (Lipinski definition) is 8. The summed E-state index contributed by atoms with van der Waals surface area (Å²) in [7, 11) is 0.809. The summed E-state index contributed by atoms with van der Waals surface area (Å²) >= 11 is 1.10. The van der Waals surface area contributed by atoms with Crippen LogP contribution in [0, 0.1) is 0 Å². The van der Waals surface area contributed by atoms with E-state index in [9.17, 15) is 8.42 Å². The van der Waals surface area contributed by atoms with E-state index >= 15 is 0 Å². The molecule has 0 spiro atoms. The first-order valence-corrected chi connectivity index (χ1v) is 9.03. The smallest absolute Gasteiger partial charge is 0.182 e. The summed E-state index contributed by atoms with van der Waals surface area (Å²) in [5, 5.41) is 3.72. The summed E-state index contributed by atoms with van der Waals surface area (Å²) in [6.45, 7) is 3.68. The Morgan fingerprint density at radius 2 is 2.15 bits per heavy atom. The van der Waals surface area contributed by atoms with Crippen LogP contribution in [0.3, 0.4) is 0 Å². The molecule has 1 aliphatic heterocycles. The Hall–Kier alpha value is -0.900. The number of likely N-dealkylation sites (N-methyl/N-ethyl adjacent to an activating group) is 2. The molecule has 1 atom stereocenters. The molecule has 0 amide bonds. The number of aromatic nitrogens is 1. The van der Waals surface area contributed by atoms with E-state index in [1.54, 1.807) is 0 Å². The van der Waals surface area contributed by atoms with Gasteiger partial charge in [-0.1, -0.05) is 0 Å². The van der Waals surface area contributed by atoms with Gasteiger partial charge in [0.2, 0.25) is 0 Å². The SMILES string of the molecule is CN1CCN(C)C(CNc2snc(N)c2S(C)(=O)=O)C1. The lowest BCUT2D eigenvalue weighted by Gasteiger charge is -2.37. The molecular formula is C11H21N5O2S2. The second-order valence-corrected chi connectivity index (χ2v) is 8.00. The van der Waals surface area contributed by atoms with E-state index < -0.39 is 9.84 Å². The molecule has 0 saturated carbocycles. The lowest BCUT2D eigenvalue weighted by atomic mass is 10.2. The number of anilines is 2. The van der Waals surface area contributed by atoms with Crippen LogP contribution in [0.5, 0.6) is 0 Å². The second-order valence-electron chi connectivity index (χ2n) is 5.28. The standard InChI is InChI=1S/C11H21N5O2S2/c1-15-4-5-16(2)8(7-15)6-13-11-9(20(3,17)18)10(12)14-19-11/h8,13H,4-7H2,1-3H3,(H2,12,14). The van der Waals surface area contributed by atoms with Crippen molar-refractivity contribution in [1.82, 2.24) is 14.2 Å². The molecule has 0 bridgehead atoms. The van der Waals surface area contributed by atoms with Gasteiger partial charge in [0.1, 0.15) is 9.90 Å². The molecule has 1 fully saturated rings. The van der Waals surface area contributed by atoms with Crippen LogP contribution in [0.4, 0.5) is 10.8 Å². The molecule has 1 unspecified atom stereocenters. The maximum Gasteiger partial charge on any atom is 0.182 e. The Kier molecular flexibility index (Phi) is 4.52.